The average molecular weight is 1270 g/mol. The summed E-state index contributed by atoms with van der Waals surface area (Å²) in [6.45, 7) is -11.3. The zero-order valence-corrected chi connectivity index (χ0v) is 57.4. The molecule has 3 nitrogen and oxygen atoms in total. The van der Waals surface area contributed by atoms with Gasteiger partial charge in [0, 0.05) is 0 Å². The molecule has 0 N–H and O–H groups in total. The first-order valence-corrected chi connectivity index (χ1v) is 44.4. The van der Waals surface area contributed by atoms with Gasteiger partial charge in [0.15, 0.2) is 0 Å². The van der Waals surface area contributed by atoms with E-state index in [1.165, 1.54) is 0 Å². The molecule has 0 aromatic rings. The molecule has 480 valence electrons. The van der Waals surface area contributed by atoms with Crippen LogP contribution in [0.25, 0.3) is 0 Å². The Morgan fingerprint density at radius 3 is 0.374 bits per heavy atom. The van der Waals surface area contributed by atoms with Crippen LogP contribution in [-0.4, -0.2) is 81.3 Å². The van der Waals surface area contributed by atoms with Crippen molar-refractivity contribution in [1.82, 2.24) is 0 Å². The van der Waals surface area contributed by atoms with E-state index < -0.39 is 27.8 Å². The van der Waals surface area contributed by atoms with Gasteiger partial charge in [0.2, 0.25) is 0 Å². The third kappa shape index (κ3) is 17.9. The second kappa shape index (κ2) is 31.0. The van der Waals surface area contributed by atoms with Gasteiger partial charge < -0.3 is 0 Å². The van der Waals surface area contributed by atoms with E-state index >= 15 is 0 Å². The molecule has 7 heteroatoms. The maximum atomic E-state index is 9.77. The molecular formula is C84H108BO3P3. The quantitative estimate of drug-likeness (QED) is 0.0530. The summed E-state index contributed by atoms with van der Waals surface area (Å²) in [5, 5.41) is 0. The van der Waals surface area contributed by atoms with Crippen LogP contribution < -0.4 is 0 Å². The number of allylic oxidation sites excluding steroid dienone is 48. The van der Waals surface area contributed by atoms with Gasteiger partial charge in [-0.1, -0.05) is 0 Å². The third-order valence-electron chi connectivity index (χ3n) is 22.3. The fourth-order valence-corrected chi connectivity index (χ4v) is 42.1. The van der Waals surface area contributed by atoms with Gasteiger partial charge in [-0.05, 0) is 0 Å². The monoisotopic (exact) mass is 1270 g/mol. The first-order valence-electron chi connectivity index (χ1n) is 35.7. The number of rotatable bonds is 30. The Bertz CT molecular complexity index is 2530. The van der Waals surface area contributed by atoms with Crippen LogP contribution in [-0.2, 0) is 13.3 Å². The van der Waals surface area contributed by atoms with Crippen LogP contribution in [0.4, 0.5) is 0 Å². The van der Waals surface area contributed by atoms with Crippen molar-refractivity contribution in [3.63, 3.8) is 0 Å². The summed E-state index contributed by atoms with van der Waals surface area (Å²) in [6, 6.07) is 0. The van der Waals surface area contributed by atoms with Gasteiger partial charge in [-0.25, -0.2) is 0 Å². The van der Waals surface area contributed by atoms with Crippen molar-refractivity contribution in [2.45, 2.75) is 77.0 Å². The SMILES string of the molecule is C1=CCC(CP(CC2C=CC=CC2)(CC2C=CC=CC2)(CC2C=CC=CC2)OB(OP(CC2C=CC=CC2)(CC2C=CC=CC2)(CC2C=CC=CC2)CC2C=CC=CC2)OP(CC2C=CC=CC2)(CC2C=CC=CC2)(CC2C=CC=CC2)CC2C=CC=CC2)C=C1. The number of hydrogen-bond donors (Lipinski definition) is 0. The van der Waals surface area contributed by atoms with E-state index in [0.717, 1.165) is 151 Å². The molecule has 0 amide bonds. The molecule has 0 saturated heterocycles. The molecule has 0 aromatic carbocycles. The molecular weight excluding hydrogens is 1160 g/mol. The van der Waals surface area contributed by atoms with E-state index in [9.17, 15) is 13.3 Å². The van der Waals surface area contributed by atoms with Crippen LogP contribution in [0.15, 0.2) is 292 Å². The van der Waals surface area contributed by atoms with E-state index in [2.05, 4.69) is 292 Å². The Labute approximate surface area is 551 Å². The molecule has 0 saturated carbocycles. The molecule has 12 unspecified atom stereocenters. The summed E-state index contributed by atoms with van der Waals surface area (Å²) in [5.74, 6) is 3.79. The first kappa shape index (κ1) is 66.0. The zero-order valence-electron chi connectivity index (χ0n) is 54.8. The number of hydrogen-bond acceptors (Lipinski definition) is 3. The van der Waals surface area contributed by atoms with Crippen molar-refractivity contribution in [3.05, 3.63) is 292 Å². The van der Waals surface area contributed by atoms with Crippen molar-refractivity contribution >= 4 is 27.8 Å². The third-order valence-corrected chi connectivity index (χ3v) is 41.4. The molecule has 12 aliphatic carbocycles. The van der Waals surface area contributed by atoms with Crippen LogP contribution >= 0.6 is 20.5 Å². The Kier molecular flexibility index (Phi) is 22.5. The van der Waals surface area contributed by atoms with E-state index in [1.54, 1.807) is 0 Å². The van der Waals surface area contributed by atoms with Gasteiger partial charge in [0.25, 0.3) is 0 Å². The van der Waals surface area contributed by atoms with E-state index in [1.807, 2.05) is 0 Å². The fourth-order valence-electron chi connectivity index (χ4n) is 19.0. The Morgan fingerprint density at radius 1 is 0.176 bits per heavy atom. The predicted octanol–water partition coefficient (Wildman–Crippen LogP) is 22.0. The summed E-state index contributed by atoms with van der Waals surface area (Å²) in [6.07, 6.45) is 141. The topological polar surface area (TPSA) is 27.7 Å². The molecule has 0 aromatic heterocycles. The van der Waals surface area contributed by atoms with Crippen molar-refractivity contribution in [2.24, 2.45) is 71.0 Å². The van der Waals surface area contributed by atoms with Crippen molar-refractivity contribution in [1.29, 1.82) is 0 Å². The standard InChI is InChI=1S/C84H108BO3P3/c1-13-37-73(38-14-1)61-89(62-74-39-15-2-16-40-74,63-75-41-17-3-18-42-75,64-76-43-19-4-20-44-76)86-85(87-90(65-77-45-21-5-22-46-77,66-78-47-23-6-24-48-78,67-79-49-25-7-26-50-79)68-80-51-27-8-28-52-80)88-91(69-81-53-29-9-30-54-81,70-82-55-31-10-32-56-82,71-83-57-33-11-34-58-83)72-84-59-35-12-36-60-84/h1-37,39,41,43,45,47,49,51,53,55,57,59,73-84H,38,40,42,44,46,48,50,52,54,56,58,60-72H2. The molecule has 0 heterocycles. The van der Waals surface area contributed by atoms with Crippen LogP contribution in [0.1, 0.15) is 77.0 Å². The van der Waals surface area contributed by atoms with Crippen LogP contribution in [0.5, 0.6) is 0 Å². The van der Waals surface area contributed by atoms with E-state index in [4.69, 9.17) is 0 Å². The summed E-state index contributed by atoms with van der Waals surface area (Å²) in [4.78, 5) is 0. The molecule has 0 bridgehead atoms. The zero-order chi connectivity index (χ0) is 61.9. The molecule has 12 aliphatic rings. The summed E-state index contributed by atoms with van der Waals surface area (Å²) in [5.41, 5.74) is 0. The molecule has 0 fully saturated rings. The van der Waals surface area contributed by atoms with Gasteiger partial charge in [-0.3, -0.25) is 0 Å². The van der Waals surface area contributed by atoms with Gasteiger partial charge in [0.1, 0.15) is 0 Å². The summed E-state index contributed by atoms with van der Waals surface area (Å²) < 4.78 is 29.3. The summed E-state index contributed by atoms with van der Waals surface area (Å²) >= 11 is 0. The fraction of sp³-hybridized carbons (Fsp3) is 0.429. The maximum absolute atomic E-state index is 9.77. The van der Waals surface area contributed by atoms with Crippen molar-refractivity contribution < 1.29 is 13.3 Å². The first-order chi connectivity index (χ1) is 44.7. The van der Waals surface area contributed by atoms with Crippen LogP contribution in [0.3, 0.4) is 0 Å². The Morgan fingerprint density at radius 2 is 0.286 bits per heavy atom. The molecule has 12 atom stereocenters. The van der Waals surface area contributed by atoms with Gasteiger partial charge in [0.05, 0.1) is 0 Å². The summed E-state index contributed by atoms with van der Waals surface area (Å²) in [7, 11) is -0.916. The Balaban J connectivity index is 1.18. The predicted molar refractivity (Wildman–Crippen MR) is 405 cm³/mol. The van der Waals surface area contributed by atoms with Crippen LogP contribution in [0, 0.1) is 71.0 Å². The van der Waals surface area contributed by atoms with Gasteiger partial charge in [-0.2, -0.15) is 0 Å². The normalized spacial score (nSPS) is 31.3. The van der Waals surface area contributed by atoms with Crippen molar-refractivity contribution in [3.8, 4) is 0 Å². The van der Waals surface area contributed by atoms with E-state index in [0.29, 0.717) is 71.0 Å². The van der Waals surface area contributed by atoms with Crippen LogP contribution in [0.2, 0.25) is 0 Å². The van der Waals surface area contributed by atoms with Crippen molar-refractivity contribution in [2.75, 3.05) is 73.9 Å². The van der Waals surface area contributed by atoms with E-state index in [-0.39, 0.29) is 0 Å². The molecule has 0 aliphatic heterocycles. The van der Waals surface area contributed by atoms with Gasteiger partial charge >= 0.3 is 555 Å². The molecule has 91 heavy (non-hydrogen) atoms. The second-order valence-corrected chi connectivity index (χ2v) is 46.2. The van der Waals surface area contributed by atoms with Gasteiger partial charge in [-0.15, -0.1) is 0 Å². The Hall–Kier alpha value is -5.01. The molecule has 0 radical (unpaired) electrons. The molecule has 12 rings (SSSR count). The molecule has 0 spiro atoms. The average Bonchev–Trinajstić information content (AvgIpc) is 0.736. The second-order valence-electron chi connectivity index (χ2n) is 30.1. The minimum absolute atomic E-state index is 0.316. The minimum atomic E-state index is -3.76.